The van der Waals surface area contributed by atoms with Gasteiger partial charge in [0.1, 0.15) is 12.6 Å². The fourth-order valence-corrected chi connectivity index (χ4v) is 2.86. The fraction of sp³-hybridized carbons (Fsp3) is 0.467. The van der Waals surface area contributed by atoms with E-state index in [4.69, 9.17) is 9.47 Å². The van der Waals surface area contributed by atoms with E-state index in [0.717, 1.165) is 12.0 Å². The van der Waals surface area contributed by atoms with E-state index in [1.807, 2.05) is 30.3 Å². The Kier molecular flexibility index (Phi) is 3.34. The number of carbonyl (C=O) groups excluding carboxylic acids is 2. The monoisotopic (exact) mass is 275 g/mol. The number of likely N-dealkylation sites (tertiary alicyclic amines) is 1. The Bertz CT molecular complexity index is 516. The van der Waals surface area contributed by atoms with E-state index in [0.29, 0.717) is 12.3 Å². The summed E-state index contributed by atoms with van der Waals surface area (Å²) in [6, 6.07) is 9.18. The largest absolute Gasteiger partial charge is 0.459 e. The molecule has 5 heteroatoms. The molecule has 1 aliphatic heterocycles. The maximum Gasteiger partial charge on any atom is 0.410 e. The lowest BCUT2D eigenvalue weighted by Crippen LogP contribution is -2.43. The molecular formula is C15H17NO4. The number of fused-ring (bicyclic) bond motifs is 1. The third kappa shape index (κ3) is 2.35. The van der Waals surface area contributed by atoms with E-state index >= 15 is 0 Å². The minimum absolute atomic E-state index is 0.164. The first-order valence-corrected chi connectivity index (χ1v) is 6.77. The van der Waals surface area contributed by atoms with E-state index in [-0.39, 0.29) is 18.6 Å². The van der Waals surface area contributed by atoms with Crippen LogP contribution in [0.2, 0.25) is 0 Å². The van der Waals surface area contributed by atoms with Crippen LogP contribution in [0.15, 0.2) is 30.3 Å². The third-order valence-corrected chi connectivity index (χ3v) is 3.99. The fourth-order valence-electron chi connectivity index (χ4n) is 2.86. The van der Waals surface area contributed by atoms with Crippen molar-refractivity contribution in [2.24, 2.45) is 5.92 Å². The summed E-state index contributed by atoms with van der Waals surface area (Å²) in [5, 5.41) is 0. The molecule has 0 spiro atoms. The van der Waals surface area contributed by atoms with Crippen LogP contribution in [0.1, 0.15) is 18.4 Å². The molecular weight excluding hydrogens is 258 g/mol. The number of benzene rings is 1. The molecule has 3 rings (SSSR count). The van der Waals surface area contributed by atoms with E-state index in [2.05, 4.69) is 0 Å². The van der Waals surface area contributed by atoms with Gasteiger partial charge in [-0.3, -0.25) is 4.90 Å². The van der Waals surface area contributed by atoms with E-state index in [1.54, 1.807) is 0 Å². The van der Waals surface area contributed by atoms with E-state index in [9.17, 15) is 9.59 Å². The van der Waals surface area contributed by atoms with Gasteiger partial charge >= 0.3 is 12.1 Å². The Morgan fingerprint density at radius 2 is 2.00 bits per heavy atom. The molecule has 1 aromatic rings. The number of carbonyl (C=O) groups is 2. The molecule has 0 N–H and O–H groups in total. The second-order valence-electron chi connectivity index (χ2n) is 5.29. The summed E-state index contributed by atoms with van der Waals surface area (Å²) in [5.41, 5.74) is 0.939. The van der Waals surface area contributed by atoms with Gasteiger partial charge in [0, 0.05) is 6.04 Å². The topological polar surface area (TPSA) is 55.8 Å². The van der Waals surface area contributed by atoms with Crippen molar-refractivity contribution in [3.8, 4) is 0 Å². The summed E-state index contributed by atoms with van der Waals surface area (Å²) in [7, 11) is 1.34. The van der Waals surface area contributed by atoms with Crippen LogP contribution in [0.25, 0.3) is 0 Å². The summed E-state index contributed by atoms with van der Waals surface area (Å²) < 4.78 is 10.1. The van der Waals surface area contributed by atoms with E-state index < -0.39 is 12.1 Å². The number of hydrogen-bond acceptors (Lipinski definition) is 4. The van der Waals surface area contributed by atoms with Crippen LogP contribution in [0.3, 0.4) is 0 Å². The Labute approximate surface area is 117 Å². The normalized spacial score (nSPS) is 26.9. The van der Waals surface area contributed by atoms with Gasteiger partial charge in [-0.05, 0) is 24.3 Å². The van der Waals surface area contributed by atoms with Gasteiger partial charge in [-0.25, -0.2) is 9.59 Å². The Balaban J connectivity index is 1.61. The van der Waals surface area contributed by atoms with Crippen molar-refractivity contribution in [2.75, 3.05) is 7.11 Å². The molecule has 1 heterocycles. The molecule has 2 fully saturated rings. The molecule has 0 bridgehead atoms. The summed E-state index contributed by atoms with van der Waals surface area (Å²) in [6.45, 7) is 0.237. The molecule has 1 amide bonds. The first kappa shape index (κ1) is 13.0. The zero-order valence-electron chi connectivity index (χ0n) is 11.3. The lowest BCUT2D eigenvalue weighted by Gasteiger charge is -2.24. The molecule has 20 heavy (non-hydrogen) atoms. The number of ether oxygens (including phenoxy) is 2. The van der Waals surface area contributed by atoms with E-state index in [1.165, 1.54) is 12.0 Å². The molecule has 5 nitrogen and oxygen atoms in total. The molecule has 1 saturated heterocycles. The quantitative estimate of drug-likeness (QED) is 0.791. The van der Waals surface area contributed by atoms with Gasteiger partial charge < -0.3 is 9.47 Å². The van der Waals surface area contributed by atoms with Gasteiger partial charge in [0.2, 0.25) is 0 Å². The minimum atomic E-state index is -0.491. The second kappa shape index (κ2) is 5.15. The van der Waals surface area contributed by atoms with Crippen molar-refractivity contribution in [3.63, 3.8) is 0 Å². The van der Waals surface area contributed by atoms with Crippen LogP contribution in [-0.2, 0) is 20.9 Å². The SMILES string of the molecule is COC(=O)N1[C@@H](C(=O)OCc2ccccc2)C[C@H]2C[C@H]21. The highest BCUT2D eigenvalue weighted by molar-refractivity contribution is 5.83. The van der Waals surface area contributed by atoms with Gasteiger partial charge in [-0.2, -0.15) is 0 Å². The van der Waals surface area contributed by atoms with Crippen LogP contribution in [0.5, 0.6) is 0 Å². The van der Waals surface area contributed by atoms with Gasteiger partial charge in [-0.1, -0.05) is 30.3 Å². The Morgan fingerprint density at radius 1 is 1.25 bits per heavy atom. The van der Waals surface area contributed by atoms with Crippen LogP contribution >= 0.6 is 0 Å². The van der Waals surface area contributed by atoms with Crippen molar-refractivity contribution in [1.82, 2.24) is 4.90 Å². The number of methoxy groups -OCH3 is 1. The summed E-state index contributed by atoms with van der Waals surface area (Å²) in [5.74, 6) is 0.0924. The summed E-state index contributed by atoms with van der Waals surface area (Å²) in [4.78, 5) is 25.4. The van der Waals surface area contributed by atoms with Crippen LogP contribution in [0, 0.1) is 5.92 Å². The number of amides is 1. The summed E-state index contributed by atoms with van der Waals surface area (Å²) >= 11 is 0. The Morgan fingerprint density at radius 3 is 2.70 bits per heavy atom. The van der Waals surface area contributed by atoms with Crippen molar-refractivity contribution in [1.29, 1.82) is 0 Å². The van der Waals surface area contributed by atoms with Crippen molar-refractivity contribution < 1.29 is 19.1 Å². The molecule has 1 saturated carbocycles. The molecule has 106 valence electrons. The van der Waals surface area contributed by atoms with Gasteiger partial charge in [0.15, 0.2) is 0 Å². The first-order valence-electron chi connectivity index (χ1n) is 6.77. The number of nitrogens with zero attached hydrogens (tertiary/aromatic N) is 1. The average Bonchev–Trinajstić information content (AvgIpc) is 3.15. The smallest absolute Gasteiger partial charge is 0.410 e. The first-order chi connectivity index (χ1) is 9.70. The minimum Gasteiger partial charge on any atom is -0.459 e. The van der Waals surface area contributed by atoms with Crippen molar-refractivity contribution >= 4 is 12.1 Å². The standard InChI is InChI=1S/C15H17NO4/c1-19-15(18)16-12-7-11(12)8-13(16)14(17)20-9-10-5-3-2-4-6-10/h2-6,11-13H,7-9H2,1H3/t11-,12-,13-/m1/s1. The van der Waals surface area contributed by atoms with Crippen LogP contribution in [0.4, 0.5) is 4.79 Å². The Hall–Kier alpha value is -2.04. The lowest BCUT2D eigenvalue weighted by molar-refractivity contribution is -0.150. The maximum absolute atomic E-state index is 12.1. The van der Waals surface area contributed by atoms with Gasteiger partial charge in [-0.15, -0.1) is 0 Å². The van der Waals surface area contributed by atoms with Crippen LogP contribution in [-0.4, -0.2) is 36.2 Å². The third-order valence-electron chi connectivity index (χ3n) is 3.99. The molecule has 0 radical (unpaired) electrons. The van der Waals surface area contributed by atoms with Crippen molar-refractivity contribution in [2.45, 2.75) is 31.5 Å². The lowest BCUT2D eigenvalue weighted by atomic mass is 10.2. The zero-order chi connectivity index (χ0) is 14.1. The predicted octanol–water partition coefficient (Wildman–Crippen LogP) is 1.96. The molecule has 3 atom stereocenters. The maximum atomic E-state index is 12.1. The number of piperidine rings is 1. The highest BCUT2D eigenvalue weighted by atomic mass is 16.6. The van der Waals surface area contributed by atoms with Gasteiger partial charge in [0.05, 0.1) is 7.11 Å². The predicted molar refractivity (Wildman–Crippen MR) is 70.8 cm³/mol. The van der Waals surface area contributed by atoms with Gasteiger partial charge in [0.25, 0.3) is 0 Å². The molecule has 0 unspecified atom stereocenters. The molecule has 1 aromatic carbocycles. The van der Waals surface area contributed by atoms with Crippen LogP contribution < -0.4 is 0 Å². The molecule has 2 aliphatic rings. The molecule has 1 aliphatic carbocycles. The number of hydrogen-bond donors (Lipinski definition) is 0. The molecule has 0 aromatic heterocycles. The second-order valence-corrected chi connectivity index (χ2v) is 5.29. The zero-order valence-corrected chi connectivity index (χ0v) is 11.3. The summed E-state index contributed by atoms with van der Waals surface area (Å²) in [6.07, 6.45) is 1.22. The number of rotatable bonds is 3. The highest BCUT2D eigenvalue weighted by Crippen LogP contribution is 2.48. The average molecular weight is 275 g/mol. The van der Waals surface area contributed by atoms with Crippen molar-refractivity contribution in [3.05, 3.63) is 35.9 Å². The highest BCUT2D eigenvalue weighted by Gasteiger charge is 2.57. The number of esters is 1.